The first-order valence-electron chi connectivity index (χ1n) is 5.79. The van der Waals surface area contributed by atoms with Gasteiger partial charge in [0.25, 0.3) is 0 Å². The summed E-state index contributed by atoms with van der Waals surface area (Å²) >= 11 is 0. The predicted molar refractivity (Wildman–Crippen MR) is 61.6 cm³/mol. The number of rotatable bonds is 5. The maximum absolute atomic E-state index is 11.1. The second kappa shape index (κ2) is 7.00. The van der Waals surface area contributed by atoms with E-state index in [-0.39, 0.29) is 6.61 Å². The van der Waals surface area contributed by atoms with Gasteiger partial charge in [0.2, 0.25) is 0 Å². The van der Waals surface area contributed by atoms with Crippen molar-refractivity contribution in [1.29, 1.82) is 0 Å². The highest BCUT2D eigenvalue weighted by molar-refractivity contribution is 5.66. The highest BCUT2D eigenvalue weighted by Gasteiger charge is 2.36. The van der Waals surface area contributed by atoms with Gasteiger partial charge in [-0.25, -0.2) is 0 Å². The normalized spacial score (nSPS) is 26.3. The fourth-order valence-electron chi connectivity index (χ4n) is 1.63. The molecule has 6 heteroatoms. The number of hydrogen-bond acceptors (Lipinski definition) is 6. The van der Waals surface area contributed by atoms with Gasteiger partial charge in [-0.1, -0.05) is 0 Å². The Kier molecular flexibility index (Phi) is 5.64. The molecule has 0 bridgehead atoms. The van der Waals surface area contributed by atoms with Gasteiger partial charge >= 0.3 is 11.9 Å². The number of hydrogen-bond donors (Lipinski definition) is 0. The van der Waals surface area contributed by atoms with Gasteiger partial charge in [0.1, 0.15) is 12.7 Å². The Morgan fingerprint density at radius 3 is 2.56 bits per heavy atom. The van der Waals surface area contributed by atoms with E-state index in [2.05, 4.69) is 0 Å². The molecule has 0 spiro atoms. The van der Waals surface area contributed by atoms with Crippen molar-refractivity contribution in [2.45, 2.75) is 39.1 Å². The van der Waals surface area contributed by atoms with Crippen molar-refractivity contribution < 1.29 is 28.5 Å². The van der Waals surface area contributed by atoms with E-state index in [1.165, 1.54) is 20.1 Å². The molecule has 0 unspecified atom stereocenters. The van der Waals surface area contributed by atoms with Crippen LogP contribution in [0.2, 0.25) is 0 Å². The summed E-state index contributed by atoms with van der Waals surface area (Å²) in [5.74, 6) is -0.848. The molecule has 1 heterocycles. The molecule has 18 heavy (non-hydrogen) atoms. The molecule has 0 N–H and O–H groups in total. The molecule has 0 saturated carbocycles. The van der Waals surface area contributed by atoms with Crippen molar-refractivity contribution in [1.82, 2.24) is 0 Å². The maximum atomic E-state index is 11.1. The number of esters is 2. The smallest absolute Gasteiger partial charge is 0.303 e. The second-order valence-electron chi connectivity index (χ2n) is 3.80. The maximum Gasteiger partial charge on any atom is 0.303 e. The molecule has 0 aromatic rings. The molecule has 6 nitrogen and oxygen atoms in total. The minimum absolute atomic E-state index is 0.0151. The van der Waals surface area contributed by atoms with Crippen LogP contribution in [-0.2, 0) is 28.5 Å². The molecular weight excluding hydrogens is 240 g/mol. The van der Waals surface area contributed by atoms with E-state index >= 15 is 0 Å². The lowest BCUT2D eigenvalue weighted by molar-refractivity contribution is -0.172. The van der Waals surface area contributed by atoms with Crippen LogP contribution in [0.4, 0.5) is 0 Å². The van der Waals surface area contributed by atoms with Gasteiger partial charge in [0.15, 0.2) is 12.2 Å². The Balaban J connectivity index is 2.70. The van der Waals surface area contributed by atoms with Crippen molar-refractivity contribution in [3.63, 3.8) is 0 Å². The van der Waals surface area contributed by atoms with E-state index in [1.54, 1.807) is 6.08 Å². The predicted octanol–water partition coefficient (Wildman–Crippen LogP) is 0.799. The van der Waals surface area contributed by atoms with E-state index in [0.29, 0.717) is 6.61 Å². The van der Waals surface area contributed by atoms with E-state index in [4.69, 9.17) is 18.9 Å². The molecule has 102 valence electrons. The summed E-state index contributed by atoms with van der Waals surface area (Å²) in [4.78, 5) is 21.9. The van der Waals surface area contributed by atoms with Crippen LogP contribution in [0.5, 0.6) is 0 Å². The fraction of sp³-hybridized carbons (Fsp3) is 0.667. The minimum atomic E-state index is -0.619. The first kappa shape index (κ1) is 14.5. The average molecular weight is 258 g/mol. The van der Waals surface area contributed by atoms with Gasteiger partial charge in [0.05, 0.1) is 6.26 Å². The van der Waals surface area contributed by atoms with Crippen LogP contribution in [0, 0.1) is 0 Å². The molecule has 0 radical (unpaired) electrons. The largest absolute Gasteiger partial charge is 0.491 e. The van der Waals surface area contributed by atoms with Gasteiger partial charge in [0, 0.05) is 20.5 Å². The van der Waals surface area contributed by atoms with Crippen molar-refractivity contribution >= 4 is 11.9 Å². The lowest BCUT2D eigenvalue weighted by Crippen LogP contribution is -2.47. The molecule has 0 aromatic carbocycles. The van der Waals surface area contributed by atoms with Crippen LogP contribution in [-0.4, -0.2) is 43.5 Å². The Hall–Kier alpha value is -1.56. The molecule has 0 aliphatic carbocycles. The zero-order valence-electron chi connectivity index (χ0n) is 10.8. The van der Waals surface area contributed by atoms with Crippen LogP contribution in [0.15, 0.2) is 12.3 Å². The SMILES string of the molecule is CCO[C@@H]1C=CO[C@H](COC(C)=O)[C@H]1OC(C)=O. The third kappa shape index (κ3) is 4.37. The van der Waals surface area contributed by atoms with Gasteiger partial charge in [-0.3, -0.25) is 9.59 Å². The monoisotopic (exact) mass is 258 g/mol. The number of ether oxygens (including phenoxy) is 4. The molecule has 1 aliphatic rings. The van der Waals surface area contributed by atoms with E-state index in [1.807, 2.05) is 6.92 Å². The first-order valence-corrected chi connectivity index (χ1v) is 5.79. The molecule has 1 rings (SSSR count). The topological polar surface area (TPSA) is 71.1 Å². The van der Waals surface area contributed by atoms with E-state index < -0.39 is 30.3 Å². The number of carbonyl (C=O) groups is 2. The third-order valence-electron chi connectivity index (χ3n) is 2.32. The summed E-state index contributed by atoms with van der Waals surface area (Å²) in [6.07, 6.45) is 1.56. The molecule has 1 aliphatic heterocycles. The summed E-state index contributed by atoms with van der Waals surface area (Å²) in [6.45, 7) is 4.95. The standard InChI is InChI=1S/C12H18O6/c1-4-15-10-5-6-16-11(7-17-8(2)13)12(10)18-9(3)14/h5-6,10-12H,4,7H2,1-3H3/t10-,11-,12+/m1/s1. The minimum Gasteiger partial charge on any atom is -0.491 e. The van der Waals surface area contributed by atoms with Crippen LogP contribution in [0.1, 0.15) is 20.8 Å². The molecule has 0 amide bonds. The molecule has 3 atom stereocenters. The van der Waals surface area contributed by atoms with Crippen molar-refractivity contribution in [3.8, 4) is 0 Å². The fourth-order valence-corrected chi connectivity index (χ4v) is 1.63. The van der Waals surface area contributed by atoms with Gasteiger partial charge in [-0.2, -0.15) is 0 Å². The van der Waals surface area contributed by atoms with E-state index in [0.717, 1.165) is 0 Å². The second-order valence-corrected chi connectivity index (χ2v) is 3.80. The molecule has 0 saturated heterocycles. The Labute approximate surface area is 106 Å². The zero-order chi connectivity index (χ0) is 13.5. The molecular formula is C12H18O6. The van der Waals surface area contributed by atoms with Crippen molar-refractivity contribution in [2.24, 2.45) is 0 Å². The van der Waals surface area contributed by atoms with Crippen LogP contribution in [0.25, 0.3) is 0 Å². The van der Waals surface area contributed by atoms with Crippen LogP contribution < -0.4 is 0 Å². The molecule has 0 fully saturated rings. The van der Waals surface area contributed by atoms with E-state index in [9.17, 15) is 9.59 Å². The average Bonchev–Trinajstić information content (AvgIpc) is 2.29. The van der Waals surface area contributed by atoms with Gasteiger partial charge < -0.3 is 18.9 Å². The third-order valence-corrected chi connectivity index (χ3v) is 2.32. The summed E-state index contributed by atoms with van der Waals surface area (Å²) < 4.78 is 20.8. The lowest BCUT2D eigenvalue weighted by atomic mass is 10.1. The Morgan fingerprint density at radius 1 is 1.28 bits per heavy atom. The Morgan fingerprint density at radius 2 is 2.00 bits per heavy atom. The lowest BCUT2D eigenvalue weighted by Gasteiger charge is -2.33. The molecule has 0 aromatic heterocycles. The summed E-state index contributed by atoms with van der Waals surface area (Å²) in [6, 6.07) is 0. The summed E-state index contributed by atoms with van der Waals surface area (Å²) in [5.41, 5.74) is 0. The quantitative estimate of drug-likeness (QED) is 0.679. The first-order chi connectivity index (χ1) is 8.54. The van der Waals surface area contributed by atoms with Gasteiger partial charge in [-0.05, 0) is 13.0 Å². The Bertz CT molecular complexity index is 325. The van der Waals surface area contributed by atoms with Crippen molar-refractivity contribution in [2.75, 3.05) is 13.2 Å². The highest BCUT2D eigenvalue weighted by atomic mass is 16.6. The van der Waals surface area contributed by atoms with Crippen LogP contribution >= 0.6 is 0 Å². The highest BCUT2D eigenvalue weighted by Crippen LogP contribution is 2.19. The summed E-state index contributed by atoms with van der Waals surface area (Å²) in [5, 5.41) is 0. The van der Waals surface area contributed by atoms with Crippen molar-refractivity contribution in [3.05, 3.63) is 12.3 Å². The van der Waals surface area contributed by atoms with Gasteiger partial charge in [-0.15, -0.1) is 0 Å². The number of carbonyl (C=O) groups excluding carboxylic acids is 2. The summed E-state index contributed by atoms with van der Waals surface area (Å²) in [7, 11) is 0. The van der Waals surface area contributed by atoms with Crippen LogP contribution in [0.3, 0.4) is 0 Å². The zero-order valence-corrected chi connectivity index (χ0v) is 10.8.